The summed E-state index contributed by atoms with van der Waals surface area (Å²) in [5.74, 6) is 1.62. The van der Waals surface area contributed by atoms with E-state index in [0.29, 0.717) is 19.3 Å². The first-order valence-corrected chi connectivity index (χ1v) is 6.38. The van der Waals surface area contributed by atoms with Crippen LogP contribution < -0.4 is 15.2 Å². The highest BCUT2D eigenvalue weighted by Gasteiger charge is 2.22. The standard InChI is InChI=1S/C14H21NO3/c1-10-3-4-13(18-10)9-17-14-6-5-12(16-2)7-11(14)8-15/h5-7,10,13H,3-4,8-9,15H2,1-2H3. The van der Waals surface area contributed by atoms with E-state index in [-0.39, 0.29) is 6.10 Å². The van der Waals surface area contributed by atoms with E-state index in [2.05, 4.69) is 6.92 Å². The molecule has 1 heterocycles. The summed E-state index contributed by atoms with van der Waals surface area (Å²) in [6.07, 6.45) is 2.73. The molecule has 1 aromatic carbocycles. The number of hydrogen-bond acceptors (Lipinski definition) is 4. The van der Waals surface area contributed by atoms with Crippen molar-refractivity contribution >= 4 is 0 Å². The molecule has 0 aromatic heterocycles. The number of methoxy groups -OCH3 is 1. The quantitative estimate of drug-likeness (QED) is 0.870. The van der Waals surface area contributed by atoms with E-state index in [0.717, 1.165) is 29.9 Å². The molecular formula is C14H21NO3. The van der Waals surface area contributed by atoms with Crippen LogP contribution in [-0.2, 0) is 11.3 Å². The fourth-order valence-electron chi connectivity index (χ4n) is 2.17. The van der Waals surface area contributed by atoms with Gasteiger partial charge in [0.15, 0.2) is 0 Å². The van der Waals surface area contributed by atoms with Crippen LogP contribution >= 0.6 is 0 Å². The van der Waals surface area contributed by atoms with Gasteiger partial charge in [-0.25, -0.2) is 0 Å². The first-order valence-electron chi connectivity index (χ1n) is 6.38. The second kappa shape index (κ2) is 6.07. The van der Waals surface area contributed by atoms with Crippen LogP contribution in [0.15, 0.2) is 18.2 Å². The van der Waals surface area contributed by atoms with E-state index in [1.54, 1.807) is 7.11 Å². The van der Waals surface area contributed by atoms with Crippen molar-refractivity contribution in [1.29, 1.82) is 0 Å². The van der Waals surface area contributed by atoms with Gasteiger partial charge in [0.25, 0.3) is 0 Å². The smallest absolute Gasteiger partial charge is 0.124 e. The third-order valence-corrected chi connectivity index (χ3v) is 3.23. The summed E-state index contributed by atoms with van der Waals surface area (Å²) in [7, 11) is 1.64. The van der Waals surface area contributed by atoms with Crippen LogP contribution in [0.3, 0.4) is 0 Å². The molecule has 1 saturated heterocycles. The van der Waals surface area contributed by atoms with Gasteiger partial charge in [-0.05, 0) is 38.0 Å². The summed E-state index contributed by atoms with van der Waals surface area (Å²) in [5, 5.41) is 0. The summed E-state index contributed by atoms with van der Waals surface area (Å²) in [4.78, 5) is 0. The highest BCUT2D eigenvalue weighted by atomic mass is 16.5. The average Bonchev–Trinajstić information content (AvgIpc) is 2.82. The normalized spacial score (nSPS) is 23.1. The zero-order valence-corrected chi connectivity index (χ0v) is 11.0. The highest BCUT2D eigenvalue weighted by Crippen LogP contribution is 2.25. The molecule has 100 valence electrons. The van der Waals surface area contributed by atoms with Gasteiger partial charge in [-0.2, -0.15) is 0 Å². The zero-order chi connectivity index (χ0) is 13.0. The molecule has 4 nitrogen and oxygen atoms in total. The molecule has 0 spiro atoms. The van der Waals surface area contributed by atoms with Crippen molar-refractivity contribution in [3.05, 3.63) is 23.8 Å². The van der Waals surface area contributed by atoms with Crippen LogP contribution in [0.4, 0.5) is 0 Å². The van der Waals surface area contributed by atoms with Crippen molar-refractivity contribution in [2.45, 2.75) is 38.5 Å². The maximum Gasteiger partial charge on any atom is 0.124 e. The van der Waals surface area contributed by atoms with Gasteiger partial charge < -0.3 is 19.9 Å². The maximum atomic E-state index is 5.80. The first kappa shape index (κ1) is 13.2. The lowest BCUT2D eigenvalue weighted by molar-refractivity contribution is 0.0262. The van der Waals surface area contributed by atoms with Crippen LogP contribution in [0.1, 0.15) is 25.3 Å². The Morgan fingerprint density at radius 1 is 1.39 bits per heavy atom. The zero-order valence-electron chi connectivity index (χ0n) is 11.0. The Morgan fingerprint density at radius 2 is 2.22 bits per heavy atom. The van der Waals surface area contributed by atoms with Crippen molar-refractivity contribution in [2.24, 2.45) is 5.73 Å². The summed E-state index contributed by atoms with van der Waals surface area (Å²) in [6, 6.07) is 5.69. The molecule has 2 unspecified atom stereocenters. The monoisotopic (exact) mass is 251 g/mol. The Morgan fingerprint density at radius 3 is 2.83 bits per heavy atom. The predicted octanol–water partition coefficient (Wildman–Crippen LogP) is 2.10. The second-order valence-electron chi connectivity index (χ2n) is 4.63. The van der Waals surface area contributed by atoms with E-state index in [1.807, 2.05) is 18.2 Å². The Labute approximate surface area is 108 Å². The van der Waals surface area contributed by atoms with Gasteiger partial charge in [0, 0.05) is 12.1 Å². The summed E-state index contributed by atoms with van der Waals surface area (Å²) in [6.45, 7) is 3.12. The van der Waals surface area contributed by atoms with E-state index in [1.165, 1.54) is 0 Å². The molecule has 0 saturated carbocycles. The van der Waals surface area contributed by atoms with Crippen LogP contribution in [0, 0.1) is 0 Å². The van der Waals surface area contributed by atoms with Crippen LogP contribution in [0.2, 0.25) is 0 Å². The molecule has 0 amide bonds. The van der Waals surface area contributed by atoms with Crippen LogP contribution in [0.5, 0.6) is 11.5 Å². The van der Waals surface area contributed by atoms with Gasteiger partial charge in [-0.1, -0.05) is 0 Å². The van der Waals surface area contributed by atoms with Gasteiger partial charge in [0.05, 0.1) is 19.3 Å². The molecule has 1 aromatic rings. The van der Waals surface area contributed by atoms with Crippen molar-refractivity contribution < 1.29 is 14.2 Å². The molecule has 0 aliphatic carbocycles. The van der Waals surface area contributed by atoms with Gasteiger partial charge in [-0.3, -0.25) is 0 Å². The fourth-order valence-corrected chi connectivity index (χ4v) is 2.17. The average molecular weight is 251 g/mol. The molecule has 4 heteroatoms. The summed E-state index contributed by atoms with van der Waals surface area (Å²) >= 11 is 0. The van der Waals surface area contributed by atoms with E-state index in [4.69, 9.17) is 19.9 Å². The second-order valence-corrected chi connectivity index (χ2v) is 4.63. The molecule has 1 aliphatic rings. The van der Waals surface area contributed by atoms with Crippen molar-refractivity contribution in [3.63, 3.8) is 0 Å². The number of hydrogen-bond donors (Lipinski definition) is 1. The van der Waals surface area contributed by atoms with Crippen LogP contribution in [0.25, 0.3) is 0 Å². The topological polar surface area (TPSA) is 53.7 Å². The Hall–Kier alpha value is -1.26. The maximum absolute atomic E-state index is 5.80. The lowest BCUT2D eigenvalue weighted by atomic mass is 10.2. The summed E-state index contributed by atoms with van der Waals surface area (Å²) < 4.78 is 16.7. The molecule has 1 fully saturated rings. The van der Waals surface area contributed by atoms with Gasteiger partial charge in [0.2, 0.25) is 0 Å². The van der Waals surface area contributed by atoms with E-state index < -0.39 is 0 Å². The molecule has 18 heavy (non-hydrogen) atoms. The lowest BCUT2D eigenvalue weighted by Gasteiger charge is -2.15. The Balaban J connectivity index is 1.96. The molecule has 2 atom stereocenters. The minimum Gasteiger partial charge on any atom is -0.497 e. The SMILES string of the molecule is COc1ccc(OCC2CCC(C)O2)c(CN)c1. The van der Waals surface area contributed by atoms with Crippen molar-refractivity contribution in [2.75, 3.05) is 13.7 Å². The molecule has 2 rings (SSSR count). The van der Waals surface area contributed by atoms with E-state index in [9.17, 15) is 0 Å². The van der Waals surface area contributed by atoms with Crippen molar-refractivity contribution in [3.8, 4) is 11.5 Å². The first-order chi connectivity index (χ1) is 8.72. The highest BCUT2D eigenvalue weighted by molar-refractivity contribution is 5.40. The molecule has 1 aliphatic heterocycles. The van der Waals surface area contributed by atoms with Gasteiger partial charge in [-0.15, -0.1) is 0 Å². The third-order valence-electron chi connectivity index (χ3n) is 3.23. The number of nitrogens with two attached hydrogens (primary N) is 1. The number of rotatable bonds is 5. The van der Waals surface area contributed by atoms with Crippen molar-refractivity contribution in [1.82, 2.24) is 0 Å². The Kier molecular flexibility index (Phi) is 4.44. The molecule has 2 N–H and O–H groups in total. The van der Waals surface area contributed by atoms with Gasteiger partial charge >= 0.3 is 0 Å². The minimum absolute atomic E-state index is 0.202. The molecule has 0 bridgehead atoms. The largest absolute Gasteiger partial charge is 0.497 e. The molecular weight excluding hydrogens is 230 g/mol. The predicted molar refractivity (Wildman–Crippen MR) is 69.9 cm³/mol. The minimum atomic E-state index is 0.202. The third kappa shape index (κ3) is 3.15. The summed E-state index contributed by atoms with van der Waals surface area (Å²) in [5.41, 5.74) is 6.67. The van der Waals surface area contributed by atoms with Gasteiger partial charge in [0.1, 0.15) is 18.1 Å². The number of benzene rings is 1. The van der Waals surface area contributed by atoms with Crippen LogP contribution in [-0.4, -0.2) is 25.9 Å². The lowest BCUT2D eigenvalue weighted by Crippen LogP contribution is -2.18. The van der Waals surface area contributed by atoms with E-state index >= 15 is 0 Å². The fraction of sp³-hybridized carbons (Fsp3) is 0.571. The molecule has 0 radical (unpaired) electrons. The number of ether oxygens (including phenoxy) is 3. The Bertz CT molecular complexity index is 395.